The minimum absolute atomic E-state index is 0.0633. The van der Waals surface area contributed by atoms with Crippen LogP contribution in [0.3, 0.4) is 0 Å². The maximum absolute atomic E-state index is 3.71. The van der Waals surface area contributed by atoms with Gasteiger partial charge in [0.2, 0.25) is 0 Å². The predicted octanol–water partition coefficient (Wildman–Crippen LogP) is 3.51. The first kappa shape index (κ1) is 9.22. The van der Waals surface area contributed by atoms with E-state index >= 15 is 0 Å². The zero-order chi connectivity index (χ0) is 8.10. The van der Waals surface area contributed by atoms with Crippen LogP contribution in [-0.4, -0.2) is 6.16 Å². The van der Waals surface area contributed by atoms with Crippen molar-refractivity contribution in [2.45, 2.75) is 13.3 Å². The lowest BCUT2D eigenvalue weighted by Gasteiger charge is -2.07. The minimum Gasteiger partial charge on any atom is -0.0650 e. The second-order valence-electron chi connectivity index (χ2n) is 2.42. The Bertz CT molecular complexity index is 198. The molecular formula is C9H12BrP. The standard InChI is InChI=1S/C9H12BrP/c1-2-8-11(10)9-6-4-3-5-7-9/h3-7H,2,8H2,1H3. The van der Waals surface area contributed by atoms with Crippen molar-refractivity contribution in [2.24, 2.45) is 0 Å². The van der Waals surface area contributed by atoms with Crippen molar-refractivity contribution in [3.05, 3.63) is 30.3 Å². The minimum atomic E-state index is -0.0633. The molecule has 0 amide bonds. The molecular weight excluding hydrogens is 219 g/mol. The van der Waals surface area contributed by atoms with E-state index in [1.165, 1.54) is 17.9 Å². The SMILES string of the molecule is CCCP(Br)c1ccccc1. The van der Waals surface area contributed by atoms with Crippen LogP contribution in [0.25, 0.3) is 0 Å². The molecule has 0 saturated heterocycles. The van der Waals surface area contributed by atoms with Crippen LogP contribution in [0.2, 0.25) is 0 Å². The smallest absolute Gasteiger partial charge is 0.00453 e. The van der Waals surface area contributed by atoms with Gasteiger partial charge in [-0.25, -0.2) is 0 Å². The summed E-state index contributed by atoms with van der Waals surface area (Å²) in [5, 5.41) is 1.45. The number of rotatable bonds is 3. The molecule has 0 aliphatic rings. The van der Waals surface area contributed by atoms with E-state index in [0.717, 1.165) is 0 Å². The van der Waals surface area contributed by atoms with Gasteiger partial charge in [0.1, 0.15) is 0 Å². The van der Waals surface area contributed by atoms with Gasteiger partial charge in [0.15, 0.2) is 0 Å². The van der Waals surface area contributed by atoms with Gasteiger partial charge < -0.3 is 0 Å². The van der Waals surface area contributed by atoms with Gasteiger partial charge in [-0.05, 0) is 18.1 Å². The predicted molar refractivity (Wildman–Crippen MR) is 57.1 cm³/mol. The summed E-state index contributed by atoms with van der Waals surface area (Å²) in [6.45, 7) is 2.16. The second kappa shape index (κ2) is 4.90. The number of hydrogen-bond donors (Lipinski definition) is 0. The number of benzene rings is 1. The Kier molecular flexibility index (Phi) is 4.11. The Labute approximate surface area is 77.5 Å². The lowest BCUT2D eigenvalue weighted by Crippen LogP contribution is -1.96. The van der Waals surface area contributed by atoms with Gasteiger partial charge in [0.05, 0.1) is 0 Å². The maximum Gasteiger partial charge on any atom is -0.00453 e. The monoisotopic (exact) mass is 230 g/mol. The molecule has 0 spiro atoms. The van der Waals surface area contributed by atoms with E-state index in [1.54, 1.807) is 0 Å². The third-order valence-electron chi connectivity index (χ3n) is 1.46. The normalized spacial score (nSPS) is 12.9. The van der Waals surface area contributed by atoms with Gasteiger partial charge in [-0.3, -0.25) is 0 Å². The van der Waals surface area contributed by atoms with Gasteiger partial charge in [0, 0.05) is 0 Å². The first-order valence-corrected chi connectivity index (χ1v) is 7.37. The van der Waals surface area contributed by atoms with Crippen molar-refractivity contribution >= 4 is 27.4 Å². The fourth-order valence-corrected chi connectivity index (χ4v) is 3.83. The highest BCUT2D eigenvalue weighted by Gasteiger charge is 2.02. The summed E-state index contributed by atoms with van der Waals surface area (Å²) in [4.78, 5) is 0. The van der Waals surface area contributed by atoms with Gasteiger partial charge in [-0.2, -0.15) is 0 Å². The van der Waals surface area contributed by atoms with Crippen LogP contribution >= 0.6 is 22.1 Å². The van der Waals surface area contributed by atoms with Crippen LogP contribution in [-0.2, 0) is 0 Å². The fourth-order valence-electron chi connectivity index (χ4n) is 0.915. The van der Waals surface area contributed by atoms with Crippen molar-refractivity contribution < 1.29 is 0 Å². The van der Waals surface area contributed by atoms with Crippen LogP contribution in [0.15, 0.2) is 30.3 Å². The van der Waals surface area contributed by atoms with Crippen LogP contribution in [0.4, 0.5) is 0 Å². The average Bonchev–Trinajstić information content (AvgIpc) is 2.07. The third kappa shape index (κ3) is 2.92. The maximum atomic E-state index is 3.71. The zero-order valence-electron chi connectivity index (χ0n) is 6.63. The van der Waals surface area contributed by atoms with Crippen molar-refractivity contribution in [1.82, 2.24) is 0 Å². The van der Waals surface area contributed by atoms with E-state index in [2.05, 4.69) is 52.7 Å². The molecule has 60 valence electrons. The highest BCUT2D eigenvalue weighted by atomic mass is 79.9. The molecule has 1 aromatic carbocycles. The van der Waals surface area contributed by atoms with Crippen LogP contribution in [0.5, 0.6) is 0 Å². The Morgan fingerprint density at radius 3 is 2.45 bits per heavy atom. The lowest BCUT2D eigenvalue weighted by atomic mass is 10.4. The summed E-state index contributed by atoms with van der Waals surface area (Å²) in [6.07, 6.45) is 2.53. The van der Waals surface area contributed by atoms with E-state index in [0.29, 0.717) is 0 Å². The summed E-state index contributed by atoms with van der Waals surface area (Å²) in [6, 6.07) is 10.6. The Balaban J connectivity index is 2.61. The van der Waals surface area contributed by atoms with Gasteiger partial charge in [0.25, 0.3) is 0 Å². The van der Waals surface area contributed by atoms with Gasteiger partial charge in [-0.15, -0.1) is 0 Å². The first-order valence-electron chi connectivity index (χ1n) is 3.83. The molecule has 0 saturated carbocycles. The molecule has 1 atom stereocenters. The Hall–Kier alpha value is 0.130. The van der Waals surface area contributed by atoms with E-state index in [-0.39, 0.29) is 6.62 Å². The highest BCUT2D eigenvalue weighted by molar-refractivity contribution is 9.40. The Morgan fingerprint density at radius 1 is 1.27 bits per heavy atom. The second-order valence-corrected chi connectivity index (χ2v) is 6.68. The van der Waals surface area contributed by atoms with E-state index < -0.39 is 0 Å². The van der Waals surface area contributed by atoms with Crippen molar-refractivity contribution in [3.63, 3.8) is 0 Å². The van der Waals surface area contributed by atoms with Gasteiger partial charge >= 0.3 is 0 Å². The van der Waals surface area contributed by atoms with E-state index in [1.807, 2.05) is 0 Å². The quantitative estimate of drug-likeness (QED) is 0.698. The Morgan fingerprint density at radius 2 is 1.91 bits per heavy atom. The van der Waals surface area contributed by atoms with Crippen molar-refractivity contribution in [1.29, 1.82) is 0 Å². The lowest BCUT2D eigenvalue weighted by molar-refractivity contribution is 1.10. The molecule has 0 heterocycles. The van der Waals surface area contributed by atoms with Crippen LogP contribution < -0.4 is 5.30 Å². The highest BCUT2D eigenvalue weighted by Crippen LogP contribution is 2.42. The fraction of sp³-hybridized carbons (Fsp3) is 0.333. The molecule has 0 radical (unpaired) electrons. The van der Waals surface area contributed by atoms with Gasteiger partial charge in [-0.1, -0.05) is 59.2 Å². The largest absolute Gasteiger partial charge is 0.0650 e. The molecule has 2 heteroatoms. The molecule has 1 rings (SSSR count). The van der Waals surface area contributed by atoms with E-state index in [4.69, 9.17) is 0 Å². The van der Waals surface area contributed by atoms with Crippen LogP contribution in [0, 0.1) is 0 Å². The molecule has 0 N–H and O–H groups in total. The van der Waals surface area contributed by atoms with Crippen molar-refractivity contribution in [2.75, 3.05) is 6.16 Å². The molecule has 0 aliphatic carbocycles. The van der Waals surface area contributed by atoms with Crippen molar-refractivity contribution in [3.8, 4) is 0 Å². The van der Waals surface area contributed by atoms with Crippen LogP contribution in [0.1, 0.15) is 13.3 Å². The zero-order valence-corrected chi connectivity index (χ0v) is 9.11. The molecule has 0 nitrogen and oxygen atoms in total. The topological polar surface area (TPSA) is 0 Å². The average molecular weight is 231 g/mol. The summed E-state index contributed by atoms with van der Waals surface area (Å²) >= 11 is 3.71. The van der Waals surface area contributed by atoms with E-state index in [9.17, 15) is 0 Å². The molecule has 0 aliphatic heterocycles. The molecule has 0 aromatic heterocycles. The molecule has 11 heavy (non-hydrogen) atoms. The molecule has 0 fully saturated rings. The summed E-state index contributed by atoms with van der Waals surface area (Å²) in [7, 11) is 0. The first-order chi connectivity index (χ1) is 5.34. The molecule has 1 unspecified atom stereocenters. The molecule has 0 bridgehead atoms. The number of halogens is 1. The summed E-state index contributed by atoms with van der Waals surface area (Å²) in [5.74, 6) is 0. The number of hydrogen-bond acceptors (Lipinski definition) is 0. The summed E-state index contributed by atoms with van der Waals surface area (Å²) in [5.41, 5.74) is 0. The summed E-state index contributed by atoms with van der Waals surface area (Å²) < 4.78 is 0. The third-order valence-corrected chi connectivity index (χ3v) is 5.45. The molecule has 1 aromatic rings.